The van der Waals surface area contributed by atoms with Crippen molar-refractivity contribution in [2.24, 2.45) is 5.11 Å². The number of carbonyl (C=O) groups excluding carboxylic acids is 1. The van der Waals surface area contributed by atoms with Crippen LogP contribution in [0.4, 0.5) is 0 Å². The summed E-state index contributed by atoms with van der Waals surface area (Å²) in [5.74, 6) is -0.493. The summed E-state index contributed by atoms with van der Waals surface area (Å²) in [6, 6.07) is 0. The van der Waals surface area contributed by atoms with E-state index in [-0.39, 0.29) is 12.6 Å². The van der Waals surface area contributed by atoms with Gasteiger partial charge in [0.05, 0.1) is 6.10 Å². The second-order valence-corrected chi connectivity index (χ2v) is 1.93. The number of esters is 1. The topological polar surface area (TPSA) is 75.1 Å². The molecule has 0 aliphatic heterocycles. The molecule has 0 N–H and O–H groups in total. The van der Waals surface area contributed by atoms with E-state index < -0.39 is 5.97 Å². The maximum Gasteiger partial charge on any atom is 0.311 e. The lowest BCUT2D eigenvalue weighted by molar-refractivity contribution is -0.145. The number of azide groups is 1. The van der Waals surface area contributed by atoms with E-state index in [1.54, 1.807) is 13.8 Å². The van der Waals surface area contributed by atoms with Gasteiger partial charge in [0, 0.05) is 4.91 Å². The van der Waals surface area contributed by atoms with Gasteiger partial charge in [0.1, 0.15) is 6.54 Å². The molecule has 0 aromatic rings. The summed E-state index contributed by atoms with van der Waals surface area (Å²) in [6.07, 6.45) is -0.151. The normalized spacial score (nSPS) is 8.70. The van der Waals surface area contributed by atoms with Crippen LogP contribution < -0.4 is 0 Å². The van der Waals surface area contributed by atoms with E-state index in [0.717, 1.165) is 0 Å². The SMILES string of the molecule is CC(C)OC(=O)CN=[N+]=[N-]. The van der Waals surface area contributed by atoms with Gasteiger partial charge in [-0.2, -0.15) is 0 Å². The van der Waals surface area contributed by atoms with Crippen molar-refractivity contribution in [2.45, 2.75) is 20.0 Å². The Hall–Kier alpha value is -1.22. The van der Waals surface area contributed by atoms with Gasteiger partial charge in [-0.15, -0.1) is 0 Å². The molecule has 0 fully saturated rings. The van der Waals surface area contributed by atoms with Gasteiger partial charge < -0.3 is 4.74 Å². The van der Waals surface area contributed by atoms with E-state index in [9.17, 15) is 4.79 Å². The number of rotatable bonds is 3. The van der Waals surface area contributed by atoms with Crippen molar-refractivity contribution in [1.82, 2.24) is 0 Å². The number of nitrogens with zero attached hydrogens (tertiary/aromatic N) is 3. The molecular weight excluding hydrogens is 134 g/mol. The minimum atomic E-state index is -0.493. The fourth-order valence-electron chi connectivity index (χ4n) is 0.390. The monoisotopic (exact) mass is 143 g/mol. The lowest BCUT2D eigenvalue weighted by atomic mass is 10.5. The molecule has 0 unspecified atom stereocenters. The molecule has 0 heterocycles. The minimum Gasteiger partial charge on any atom is -0.463 e. The largest absolute Gasteiger partial charge is 0.463 e. The Bertz CT molecular complexity index is 160. The summed E-state index contributed by atoms with van der Waals surface area (Å²) in [4.78, 5) is 12.9. The van der Waals surface area contributed by atoms with Crippen LogP contribution in [0.1, 0.15) is 13.8 Å². The van der Waals surface area contributed by atoms with Gasteiger partial charge in [0.15, 0.2) is 0 Å². The first-order chi connectivity index (χ1) is 4.66. The summed E-state index contributed by atoms with van der Waals surface area (Å²) < 4.78 is 4.65. The van der Waals surface area contributed by atoms with Crippen LogP contribution >= 0.6 is 0 Å². The molecule has 0 amide bonds. The number of hydrogen-bond donors (Lipinski definition) is 0. The summed E-state index contributed by atoms with van der Waals surface area (Å²) in [5.41, 5.74) is 7.80. The van der Waals surface area contributed by atoms with Crippen LogP contribution in [0.2, 0.25) is 0 Å². The highest BCUT2D eigenvalue weighted by molar-refractivity contribution is 5.71. The highest BCUT2D eigenvalue weighted by Crippen LogP contribution is 1.88. The molecule has 10 heavy (non-hydrogen) atoms. The predicted molar refractivity (Wildman–Crippen MR) is 35.2 cm³/mol. The average Bonchev–Trinajstić information content (AvgIpc) is 1.82. The van der Waals surface area contributed by atoms with E-state index in [2.05, 4.69) is 14.8 Å². The van der Waals surface area contributed by atoms with Crippen molar-refractivity contribution in [3.8, 4) is 0 Å². The maximum atomic E-state index is 10.5. The lowest BCUT2D eigenvalue weighted by Gasteiger charge is -2.04. The van der Waals surface area contributed by atoms with Crippen LogP contribution in [0, 0.1) is 0 Å². The maximum absolute atomic E-state index is 10.5. The Balaban J connectivity index is 3.54. The van der Waals surface area contributed by atoms with Gasteiger partial charge in [0.2, 0.25) is 0 Å². The van der Waals surface area contributed by atoms with Crippen molar-refractivity contribution in [3.05, 3.63) is 10.4 Å². The molecule has 0 aromatic heterocycles. The third-order valence-corrected chi connectivity index (χ3v) is 0.630. The zero-order chi connectivity index (χ0) is 7.98. The van der Waals surface area contributed by atoms with Gasteiger partial charge >= 0.3 is 5.97 Å². The summed E-state index contributed by atoms with van der Waals surface area (Å²) in [5, 5.41) is 3.03. The smallest absolute Gasteiger partial charge is 0.311 e. The summed E-state index contributed by atoms with van der Waals surface area (Å²) in [6.45, 7) is 3.23. The van der Waals surface area contributed by atoms with E-state index >= 15 is 0 Å². The third-order valence-electron chi connectivity index (χ3n) is 0.630. The Kier molecular flexibility index (Phi) is 4.07. The first-order valence-electron chi connectivity index (χ1n) is 2.87. The van der Waals surface area contributed by atoms with Crippen LogP contribution in [0.5, 0.6) is 0 Å². The fraction of sp³-hybridized carbons (Fsp3) is 0.800. The Morgan fingerprint density at radius 1 is 1.80 bits per heavy atom. The fourth-order valence-corrected chi connectivity index (χ4v) is 0.390. The van der Waals surface area contributed by atoms with Gasteiger partial charge in [-0.3, -0.25) is 4.79 Å². The average molecular weight is 143 g/mol. The Labute approximate surface area is 58.6 Å². The molecule has 0 saturated carbocycles. The van der Waals surface area contributed by atoms with Crippen molar-refractivity contribution >= 4 is 5.97 Å². The molecule has 0 saturated heterocycles. The van der Waals surface area contributed by atoms with Gasteiger partial charge in [0.25, 0.3) is 0 Å². The van der Waals surface area contributed by atoms with Gasteiger partial charge in [-0.25, -0.2) is 0 Å². The van der Waals surface area contributed by atoms with E-state index in [0.29, 0.717) is 0 Å². The van der Waals surface area contributed by atoms with Crippen LogP contribution in [0.15, 0.2) is 5.11 Å². The number of hydrogen-bond acceptors (Lipinski definition) is 3. The minimum absolute atomic E-state index is 0.151. The first-order valence-corrected chi connectivity index (χ1v) is 2.87. The highest BCUT2D eigenvalue weighted by Gasteiger charge is 2.01. The highest BCUT2D eigenvalue weighted by atomic mass is 16.5. The molecule has 0 atom stereocenters. The van der Waals surface area contributed by atoms with Crippen molar-refractivity contribution in [3.63, 3.8) is 0 Å². The molecule has 0 rings (SSSR count). The second-order valence-electron chi connectivity index (χ2n) is 1.93. The first kappa shape index (κ1) is 8.78. The van der Waals surface area contributed by atoms with Crippen LogP contribution in [0.3, 0.4) is 0 Å². The van der Waals surface area contributed by atoms with Crippen molar-refractivity contribution < 1.29 is 9.53 Å². The van der Waals surface area contributed by atoms with E-state index in [1.165, 1.54) is 0 Å². The molecule has 0 spiro atoms. The number of ether oxygens (including phenoxy) is 1. The summed E-state index contributed by atoms with van der Waals surface area (Å²) in [7, 11) is 0. The molecule has 0 aliphatic carbocycles. The third kappa shape index (κ3) is 4.93. The molecule has 0 radical (unpaired) electrons. The zero-order valence-corrected chi connectivity index (χ0v) is 5.94. The molecule has 5 nitrogen and oxygen atoms in total. The summed E-state index contributed by atoms with van der Waals surface area (Å²) >= 11 is 0. The second kappa shape index (κ2) is 4.64. The molecule has 0 aliphatic rings. The van der Waals surface area contributed by atoms with Crippen LogP contribution in [0.25, 0.3) is 10.4 Å². The van der Waals surface area contributed by atoms with Crippen molar-refractivity contribution in [2.75, 3.05) is 6.54 Å². The molecular formula is C5H9N3O2. The van der Waals surface area contributed by atoms with Gasteiger partial charge in [-0.1, -0.05) is 5.11 Å². The van der Waals surface area contributed by atoms with E-state index in [1.807, 2.05) is 0 Å². The Morgan fingerprint density at radius 2 is 2.40 bits per heavy atom. The quantitative estimate of drug-likeness (QED) is 0.258. The zero-order valence-electron chi connectivity index (χ0n) is 5.94. The lowest BCUT2D eigenvalue weighted by Crippen LogP contribution is -2.13. The van der Waals surface area contributed by atoms with E-state index in [4.69, 9.17) is 5.53 Å². The standard InChI is InChI=1S/C5H9N3O2/c1-4(2)10-5(9)3-7-8-6/h4H,3H2,1-2H3. The van der Waals surface area contributed by atoms with Crippen molar-refractivity contribution in [1.29, 1.82) is 0 Å². The predicted octanol–water partition coefficient (Wildman–Crippen LogP) is 1.25. The molecule has 0 aromatic carbocycles. The van der Waals surface area contributed by atoms with Crippen LogP contribution in [-0.4, -0.2) is 18.6 Å². The Morgan fingerprint density at radius 3 is 2.80 bits per heavy atom. The number of carbonyl (C=O) groups is 1. The molecule has 5 heteroatoms. The molecule has 56 valence electrons. The molecule has 0 bridgehead atoms. The van der Waals surface area contributed by atoms with Crippen LogP contribution in [-0.2, 0) is 9.53 Å². The van der Waals surface area contributed by atoms with Gasteiger partial charge in [-0.05, 0) is 19.4 Å².